The Bertz CT molecular complexity index is 1120. The van der Waals surface area contributed by atoms with Crippen LogP contribution >= 0.6 is 0 Å². The number of rotatable bonds is 3. The molecule has 250 valence electrons. The van der Waals surface area contributed by atoms with Gasteiger partial charge in [-0.05, 0) is 67.6 Å². The fourth-order valence-corrected chi connectivity index (χ4v) is 11.7. The topological polar surface area (TPSA) is 179 Å². The third-order valence-electron chi connectivity index (χ3n) is 14.1. The summed E-state index contributed by atoms with van der Waals surface area (Å²) in [5, 5.41) is 75.3. The maximum absolute atomic E-state index is 11.8. The number of hydrogen-bond donors (Lipinski definition) is 7. The van der Waals surface area contributed by atoms with Gasteiger partial charge >= 0.3 is 0 Å². The van der Waals surface area contributed by atoms with E-state index in [1.165, 1.54) is 0 Å². The highest BCUT2D eigenvalue weighted by atomic mass is 16.7. The molecule has 0 amide bonds. The molecule has 0 aromatic rings. The van der Waals surface area contributed by atoms with E-state index in [4.69, 9.17) is 18.9 Å². The van der Waals surface area contributed by atoms with Crippen molar-refractivity contribution in [2.75, 3.05) is 13.2 Å². The van der Waals surface area contributed by atoms with Crippen molar-refractivity contribution in [3.63, 3.8) is 0 Å². The zero-order chi connectivity index (χ0) is 31.6. The molecule has 11 heteroatoms. The molecule has 7 rings (SSSR count). The molecular formula is C33H52O11. The van der Waals surface area contributed by atoms with Crippen LogP contribution in [0.25, 0.3) is 0 Å². The van der Waals surface area contributed by atoms with Gasteiger partial charge in [-0.1, -0.05) is 32.9 Å². The third kappa shape index (κ3) is 4.14. The minimum absolute atomic E-state index is 0.0123. The van der Waals surface area contributed by atoms with E-state index in [2.05, 4.69) is 20.4 Å². The molecule has 0 unspecified atom stereocenters. The predicted octanol–water partition coefficient (Wildman–Crippen LogP) is 0.595. The Morgan fingerprint density at radius 3 is 2.36 bits per heavy atom. The van der Waals surface area contributed by atoms with Crippen LogP contribution in [0, 0.1) is 40.4 Å². The number of aliphatic hydroxyl groups is 7. The minimum atomic E-state index is -1.61. The average Bonchev–Trinajstić information content (AvgIpc) is 3.44. The first-order valence-corrected chi connectivity index (χ1v) is 16.7. The molecular weight excluding hydrogens is 572 g/mol. The number of aliphatic hydroxyl groups excluding tert-OH is 7. The first-order valence-electron chi connectivity index (χ1n) is 16.7. The molecule has 7 fully saturated rings. The molecule has 7 aliphatic rings. The average molecular weight is 625 g/mol. The van der Waals surface area contributed by atoms with E-state index in [0.29, 0.717) is 24.9 Å². The van der Waals surface area contributed by atoms with Crippen LogP contribution in [0.4, 0.5) is 0 Å². The SMILES string of the molecule is C=C1CC[C@@]2(OC1)O[C@H]1C[C@H]3[C@@H]4CC[C@]5(O[C@@H]6O[C@H](CO)[C@@H](O)[C@H](O)[C@H]6O)C[C@@H](O)[C@@H](O)[C@@H](O)[C@]5(C)[C@H]4CC[C@]3(C)[C@H]1[C@@H]2C. The Morgan fingerprint density at radius 1 is 0.932 bits per heavy atom. The van der Waals surface area contributed by atoms with Crippen molar-refractivity contribution < 1.29 is 54.7 Å². The van der Waals surface area contributed by atoms with Crippen LogP contribution in [0.15, 0.2) is 12.2 Å². The van der Waals surface area contributed by atoms with Gasteiger partial charge in [0, 0.05) is 24.2 Å². The van der Waals surface area contributed by atoms with E-state index in [1.807, 2.05) is 6.92 Å². The molecule has 11 nitrogen and oxygen atoms in total. The summed E-state index contributed by atoms with van der Waals surface area (Å²) >= 11 is 0. The van der Waals surface area contributed by atoms with Gasteiger partial charge < -0.3 is 54.7 Å². The van der Waals surface area contributed by atoms with E-state index >= 15 is 0 Å². The molecule has 0 radical (unpaired) electrons. The van der Waals surface area contributed by atoms with Gasteiger partial charge in [-0.2, -0.15) is 0 Å². The standard InChI is InChI=1S/C33H52O11/c1-15-5-10-33(41-14-15)16(2)23-21(43-33)11-19-17-6-9-32(44-29-27(39)26(38)25(37)22(13-34)42-29)12-20(35)24(36)28(40)31(32,4)18(17)7-8-30(19,23)3/h16-29,34-40H,1,5-14H2,2-4H3/t16-,17+,18-,19-,20+,21-,22+,23-,24+,25+,26-,27+,28+,29-,30-,31-,32-,33+/m0/s1. The van der Waals surface area contributed by atoms with Crippen molar-refractivity contribution in [3.05, 3.63) is 12.2 Å². The van der Waals surface area contributed by atoms with Crippen LogP contribution in [-0.2, 0) is 18.9 Å². The van der Waals surface area contributed by atoms with E-state index in [-0.39, 0.29) is 35.7 Å². The summed E-state index contributed by atoms with van der Waals surface area (Å²) in [6.45, 7) is 10.7. The first kappa shape index (κ1) is 31.9. The Labute approximate surface area is 259 Å². The van der Waals surface area contributed by atoms with E-state index in [1.54, 1.807) is 0 Å². The van der Waals surface area contributed by atoms with Crippen molar-refractivity contribution in [1.82, 2.24) is 0 Å². The zero-order valence-corrected chi connectivity index (χ0v) is 26.1. The molecule has 7 N–H and O–H groups in total. The smallest absolute Gasteiger partial charge is 0.187 e. The second kappa shape index (κ2) is 10.7. The maximum atomic E-state index is 11.8. The van der Waals surface area contributed by atoms with Crippen molar-refractivity contribution >= 4 is 0 Å². The molecule has 3 aliphatic heterocycles. The highest BCUT2D eigenvalue weighted by molar-refractivity contribution is 5.21. The van der Waals surface area contributed by atoms with E-state index in [9.17, 15) is 35.7 Å². The summed E-state index contributed by atoms with van der Waals surface area (Å²) in [6, 6.07) is 0. The normalized spacial score (nSPS) is 60.5. The van der Waals surface area contributed by atoms with Crippen LogP contribution in [0.3, 0.4) is 0 Å². The summed E-state index contributed by atoms with van der Waals surface area (Å²) < 4.78 is 25.6. The van der Waals surface area contributed by atoms with Gasteiger partial charge in [0.2, 0.25) is 0 Å². The van der Waals surface area contributed by atoms with Crippen molar-refractivity contribution in [1.29, 1.82) is 0 Å². The number of fused-ring (bicyclic) bond motifs is 7. The molecule has 0 bridgehead atoms. The van der Waals surface area contributed by atoms with Gasteiger partial charge in [-0.25, -0.2) is 0 Å². The molecule has 3 heterocycles. The lowest BCUT2D eigenvalue weighted by molar-refractivity contribution is -0.378. The van der Waals surface area contributed by atoms with Crippen LogP contribution < -0.4 is 0 Å². The Balaban J connectivity index is 1.19. The van der Waals surface area contributed by atoms with Gasteiger partial charge in [0.25, 0.3) is 0 Å². The van der Waals surface area contributed by atoms with Crippen LogP contribution in [0.2, 0.25) is 0 Å². The molecule has 3 saturated heterocycles. The molecule has 44 heavy (non-hydrogen) atoms. The molecule has 4 saturated carbocycles. The third-order valence-corrected chi connectivity index (χ3v) is 14.1. The largest absolute Gasteiger partial charge is 0.394 e. The quantitative estimate of drug-likeness (QED) is 0.173. The summed E-state index contributed by atoms with van der Waals surface area (Å²) in [5.74, 6) is 0.493. The molecule has 0 aromatic carbocycles. The highest BCUT2D eigenvalue weighted by Gasteiger charge is 2.73. The zero-order valence-electron chi connectivity index (χ0n) is 26.1. The summed E-state index contributed by atoms with van der Waals surface area (Å²) in [4.78, 5) is 0. The van der Waals surface area contributed by atoms with Gasteiger partial charge in [0.1, 0.15) is 30.5 Å². The predicted molar refractivity (Wildman–Crippen MR) is 155 cm³/mol. The monoisotopic (exact) mass is 624 g/mol. The lowest BCUT2D eigenvalue weighted by Gasteiger charge is -2.67. The van der Waals surface area contributed by atoms with Gasteiger partial charge in [-0.3, -0.25) is 0 Å². The lowest BCUT2D eigenvalue weighted by atomic mass is 9.42. The van der Waals surface area contributed by atoms with Crippen molar-refractivity contribution in [3.8, 4) is 0 Å². The van der Waals surface area contributed by atoms with Gasteiger partial charge in [-0.15, -0.1) is 0 Å². The minimum Gasteiger partial charge on any atom is -0.394 e. The molecule has 18 atom stereocenters. The fourth-order valence-electron chi connectivity index (χ4n) is 11.7. The van der Waals surface area contributed by atoms with E-state index in [0.717, 1.165) is 44.1 Å². The highest BCUT2D eigenvalue weighted by Crippen LogP contribution is 2.72. The summed E-state index contributed by atoms with van der Waals surface area (Å²) in [6.07, 6.45) is -5.64. The fraction of sp³-hybridized carbons (Fsp3) is 0.939. The molecule has 4 aliphatic carbocycles. The van der Waals surface area contributed by atoms with E-state index < -0.39 is 72.4 Å². The molecule has 0 aromatic heterocycles. The Kier molecular flexibility index (Phi) is 7.72. The number of hydrogen-bond acceptors (Lipinski definition) is 11. The Hall–Kier alpha value is -0.700. The van der Waals surface area contributed by atoms with Crippen LogP contribution in [0.5, 0.6) is 0 Å². The van der Waals surface area contributed by atoms with Gasteiger partial charge in [0.15, 0.2) is 12.1 Å². The lowest BCUT2D eigenvalue weighted by Crippen LogP contribution is -2.74. The van der Waals surface area contributed by atoms with Crippen LogP contribution in [0.1, 0.15) is 72.1 Å². The maximum Gasteiger partial charge on any atom is 0.187 e. The van der Waals surface area contributed by atoms with Crippen LogP contribution in [-0.4, -0.2) is 115 Å². The first-order chi connectivity index (χ1) is 20.7. The second-order valence-corrected chi connectivity index (χ2v) is 15.8. The second-order valence-electron chi connectivity index (χ2n) is 15.8. The number of ether oxygens (including phenoxy) is 4. The Morgan fingerprint density at radius 2 is 1.68 bits per heavy atom. The molecule has 1 spiro atoms. The summed E-state index contributed by atoms with van der Waals surface area (Å²) in [5.41, 5.74) is -1.10. The van der Waals surface area contributed by atoms with Gasteiger partial charge in [0.05, 0.1) is 37.1 Å². The van der Waals surface area contributed by atoms with Crippen molar-refractivity contribution in [2.45, 2.75) is 139 Å². The summed E-state index contributed by atoms with van der Waals surface area (Å²) in [7, 11) is 0. The van der Waals surface area contributed by atoms with Crippen molar-refractivity contribution in [2.24, 2.45) is 40.4 Å².